The number of aryl methyl sites for hydroxylation is 1. The molecule has 0 bridgehead atoms. The highest BCUT2D eigenvalue weighted by Gasteiger charge is 2.09. The maximum Gasteiger partial charge on any atom is 0.251 e. The second kappa shape index (κ2) is 5.71. The highest BCUT2D eigenvalue weighted by atomic mass is 32.1. The molecule has 2 rings (SSSR count). The number of hydrogen-bond donors (Lipinski definition) is 2. The number of aromatic nitrogens is 1. The van der Waals surface area contributed by atoms with E-state index in [9.17, 15) is 4.79 Å². The summed E-state index contributed by atoms with van der Waals surface area (Å²) in [4.78, 5) is 16.2. The number of thiazole rings is 1. The highest BCUT2D eigenvalue weighted by Crippen LogP contribution is 2.21. The molecule has 0 fully saturated rings. The Morgan fingerprint density at radius 1 is 1.53 bits per heavy atom. The van der Waals surface area contributed by atoms with Crippen LogP contribution in [0.25, 0.3) is 0 Å². The smallest absolute Gasteiger partial charge is 0.251 e. The van der Waals surface area contributed by atoms with Crippen molar-refractivity contribution in [3.63, 3.8) is 0 Å². The number of ether oxygens (including phenoxy) is 1. The normalized spacial score (nSPS) is 10.2. The van der Waals surface area contributed by atoms with E-state index in [1.165, 1.54) is 7.11 Å². The first-order valence-corrected chi connectivity index (χ1v) is 6.61. The Morgan fingerprint density at radius 2 is 2.32 bits per heavy atom. The Bertz CT molecular complexity index is 595. The fourth-order valence-electron chi connectivity index (χ4n) is 1.64. The third-order valence-corrected chi connectivity index (χ3v) is 3.41. The van der Waals surface area contributed by atoms with Crippen LogP contribution in [0.2, 0.25) is 0 Å². The van der Waals surface area contributed by atoms with Gasteiger partial charge in [-0.1, -0.05) is 0 Å². The van der Waals surface area contributed by atoms with Gasteiger partial charge >= 0.3 is 0 Å². The molecule has 1 heterocycles. The fourth-order valence-corrected chi connectivity index (χ4v) is 2.25. The first-order valence-electron chi connectivity index (χ1n) is 5.73. The van der Waals surface area contributed by atoms with Crippen LogP contribution in [0.15, 0.2) is 23.6 Å². The quantitative estimate of drug-likeness (QED) is 0.838. The summed E-state index contributed by atoms with van der Waals surface area (Å²) in [5.41, 5.74) is 7.57. The van der Waals surface area contributed by atoms with E-state index in [1.807, 2.05) is 12.3 Å². The number of amides is 1. The maximum atomic E-state index is 11.9. The first kappa shape index (κ1) is 13.4. The summed E-state index contributed by atoms with van der Waals surface area (Å²) in [5.74, 6) is 0.381. The lowest BCUT2D eigenvalue weighted by Crippen LogP contribution is -2.23. The topological polar surface area (TPSA) is 77.2 Å². The van der Waals surface area contributed by atoms with Gasteiger partial charge in [0.05, 0.1) is 30.0 Å². The van der Waals surface area contributed by atoms with Gasteiger partial charge in [-0.2, -0.15) is 0 Å². The highest BCUT2D eigenvalue weighted by molar-refractivity contribution is 7.09. The van der Waals surface area contributed by atoms with Crippen LogP contribution in [0.4, 0.5) is 5.69 Å². The summed E-state index contributed by atoms with van der Waals surface area (Å²) in [7, 11) is 1.54. The summed E-state index contributed by atoms with van der Waals surface area (Å²) in [6, 6.07) is 4.95. The SMILES string of the molecule is COc1ccc(C(=O)NCc2csc(C)n2)cc1N. The van der Waals surface area contributed by atoms with Gasteiger partial charge in [0, 0.05) is 10.9 Å². The van der Waals surface area contributed by atoms with Crippen LogP contribution >= 0.6 is 11.3 Å². The van der Waals surface area contributed by atoms with Crippen molar-refractivity contribution in [1.29, 1.82) is 0 Å². The van der Waals surface area contributed by atoms with Gasteiger partial charge in [-0.3, -0.25) is 4.79 Å². The molecule has 1 aromatic heterocycles. The summed E-state index contributed by atoms with van der Waals surface area (Å²) >= 11 is 1.56. The van der Waals surface area contributed by atoms with Crippen LogP contribution in [0, 0.1) is 6.92 Å². The predicted molar refractivity (Wildman–Crippen MR) is 75.4 cm³/mol. The molecular weight excluding hydrogens is 262 g/mol. The van der Waals surface area contributed by atoms with Crippen molar-refractivity contribution in [3.8, 4) is 5.75 Å². The third-order valence-electron chi connectivity index (χ3n) is 2.59. The molecule has 0 saturated heterocycles. The van der Waals surface area contributed by atoms with E-state index in [1.54, 1.807) is 29.5 Å². The van der Waals surface area contributed by atoms with Crippen molar-refractivity contribution < 1.29 is 9.53 Å². The molecule has 1 amide bonds. The number of carbonyl (C=O) groups is 1. The molecule has 0 radical (unpaired) electrons. The van der Waals surface area contributed by atoms with Crippen LogP contribution in [0.1, 0.15) is 21.1 Å². The van der Waals surface area contributed by atoms with E-state index in [4.69, 9.17) is 10.5 Å². The molecule has 1 aromatic carbocycles. The van der Waals surface area contributed by atoms with Gasteiger partial charge in [0.15, 0.2) is 0 Å². The average molecular weight is 277 g/mol. The molecule has 5 nitrogen and oxygen atoms in total. The molecule has 6 heteroatoms. The number of anilines is 1. The van der Waals surface area contributed by atoms with Crippen molar-refractivity contribution in [2.75, 3.05) is 12.8 Å². The van der Waals surface area contributed by atoms with Crippen molar-refractivity contribution in [3.05, 3.63) is 39.8 Å². The number of rotatable bonds is 4. The zero-order chi connectivity index (χ0) is 13.8. The lowest BCUT2D eigenvalue weighted by Gasteiger charge is -2.07. The summed E-state index contributed by atoms with van der Waals surface area (Å²) in [6.07, 6.45) is 0. The Kier molecular flexibility index (Phi) is 4.01. The number of benzene rings is 1. The summed E-state index contributed by atoms with van der Waals surface area (Å²) in [5, 5.41) is 5.71. The number of hydrogen-bond acceptors (Lipinski definition) is 5. The molecule has 0 spiro atoms. The molecule has 100 valence electrons. The predicted octanol–water partition coefficient (Wildman–Crippen LogP) is 1.97. The summed E-state index contributed by atoms with van der Waals surface area (Å²) < 4.78 is 5.05. The van der Waals surface area contributed by atoms with Gasteiger partial charge in [-0.05, 0) is 25.1 Å². The second-order valence-corrected chi connectivity index (χ2v) is 5.06. The lowest BCUT2D eigenvalue weighted by atomic mass is 10.1. The van der Waals surface area contributed by atoms with E-state index >= 15 is 0 Å². The van der Waals surface area contributed by atoms with Gasteiger partial charge in [-0.25, -0.2) is 4.98 Å². The van der Waals surface area contributed by atoms with Crippen LogP contribution in [-0.4, -0.2) is 18.0 Å². The van der Waals surface area contributed by atoms with Gasteiger partial charge in [-0.15, -0.1) is 11.3 Å². The van der Waals surface area contributed by atoms with Gasteiger partial charge < -0.3 is 15.8 Å². The van der Waals surface area contributed by atoms with Crippen molar-refractivity contribution in [1.82, 2.24) is 10.3 Å². The summed E-state index contributed by atoms with van der Waals surface area (Å²) in [6.45, 7) is 2.34. The minimum absolute atomic E-state index is 0.181. The molecule has 2 aromatic rings. The Morgan fingerprint density at radius 3 is 2.89 bits per heavy atom. The lowest BCUT2D eigenvalue weighted by molar-refractivity contribution is 0.0950. The molecule has 3 N–H and O–H groups in total. The molecule has 0 unspecified atom stereocenters. The Hall–Kier alpha value is -2.08. The molecule has 0 aliphatic rings. The van der Waals surface area contributed by atoms with Crippen LogP contribution in [-0.2, 0) is 6.54 Å². The Labute approximate surface area is 115 Å². The zero-order valence-electron chi connectivity index (χ0n) is 10.8. The molecule has 0 atom stereocenters. The van der Waals surface area contributed by atoms with E-state index in [-0.39, 0.29) is 5.91 Å². The van der Waals surface area contributed by atoms with E-state index in [0.717, 1.165) is 10.7 Å². The van der Waals surface area contributed by atoms with Crippen LogP contribution in [0.5, 0.6) is 5.75 Å². The molecule has 0 aliphatic carbocycles. The van der Waals surface area contributed by atoms with E-state index in [0.29, 0.717) is 23.5 Å². The minimum Gasteiger partial charge on any atom is -0.495 e. The largest absolute Gasteiger partial charge is 0.495 e. The zero-order valence-corrected chi connectivity index (χ0v) is 11.6. The molecule has 19 heavy (non-hydrogen) atoms. The minimum atomic E-state index is -0.181. The van der Waals surface area contributed by atoms with Crippen LogP contribution in [0.3, 0.4) is 0 Å². The number of nitrogens with two attached hydrogens (primary N) is 1. The third kappa shape index (κ3) is 3.23. The monoisotopic (exact) mass is 277 g/mol. The molecular formula is C13H15N3O2S. The second-order valence-electron chi connectivity index (χ2n) is 4.00. The molecule has 0 saturated carbocycles. The number of nitrogen functional groups attached to an aromatic ring is 1. The van der Waals surface area contributed by atoms with Crippen LogP contribution < -0.4 is 15.8 Å². The van der Waals surface area contributed by atoms with Gasteiger partial charge in [0.25, 0.3) is 5.91 Å². The molecule has 0 aliphatic heterocycles. The number of carbonyl (C=O) groups excluding carboxylic acids is 1. The number of nitrogens with zero attached hydrogens (tertiary/aromatic N) is 1. The fraction of sp³-hybridized carbons (Fsp3) is 0.231. The maximum absolute atomic E-state index is 11.9. The number of methoxy groups -OCH3 is 1. The number of nitrogens with one attached hydrogen (secondary N) is 1. The van der Waals surface area contributed by atoms with E-state index < -0.39 is 0 Å². The van der Waals surface area contributed by atoms with E-state index in [2.05, 4.69) is 10.3 Å². The van der Waals surface area contributed by atoms with Crippen molar-refractivity contribution in [2.24, 2.45) is 0 Å². The van der Waals surface area contributed by atoms with Crippen molar-refractivity contribution >= 4 is 22.9 Å². The first-order chi connectivity index (χ1) is 9.10. The van der Waals surface area contributed by atoms with Gasteiger partial charge in [0.1, 0.15) is 5.75 Å². The Balaban J connectivity index is 2.01. The average Bonchev–Trinajstić information content (AvgIpc) is 2.81. The standard InChI is InChI=1S/C13H15N3O2S/c1-8-16-10(7-19-8)6-15-13(17)9-3-4-12(18-2)11(14)5-9/h3-5,7H,6,14H2,1-2H3,(H,15,17). The van der Waals surface area contributed by atoms with Crippen molar-refractivity contribution in [2.45, 2.75) is 13.5 Å². The van der Waals surface area contributed by atoms with Gasteiger partial charge in [0.2, 0.25) is 0 Å².